The van der Waals surface area contributed by atoms with Gasteiger partial charge in [0.15, 0.2) is 11.6 Å². The molecule has 0 aromatic carbocycles. The van der Waals surface area contributed by atoms with Gasteiger partial charge in [-0.2, -0.15) is 0 Å². The van der Waals surface area contributed by atoms with Crippen molar-refractivity contribution in [1.29, 1.82) is 0 Å². The van der Waals surface area contributed by atoms with E-state index in [1.807, 2.05) is 13.8 Å². The molecule has 84 valence electrons. The van der Waals surface area contributed by atoms with E-state index < -0.39 is 5.79 Å². The highest BCUT2D eigenvalue weighted by Crippen LogP contribution is 2.38. The molecule has 1 heterocycles. The van der Waals surface area contributed by atoms with E-state index in [2.05, 4.69) is 6.58 Å². The van der Waals surface area contributed by atoms with Crippen LogP contribution >= 0.6 is 0 Å². The van der Waals surface area contributed by atoms with Gasteiger partial charge in [-0.3, -0.25) is 4.79 Å². The molecule has 3 nitrogen and oxygen atoms in total. The Kier molecular flexibility index (Phi) is 2.69. The topological polar surface area (TPSA) is 35.5 Å². The summed E-state index contributed by atoms with van der Waals surface area (Å²) in [6, 6.07) is 0. The minimum absolute atomic E-state index is 0.0221. The van der Waals surface area contributed by atoms with Crippen molar-refractivity contribution in [2.45, 2.75) is 57.5 Å². The van der Waals surface area contributed by atoms with Gasteiger partial charge >= 0.3 is 0 Å². The fourth-order valence-electron chi connectivity index (χ4n) is 2.21. The fourth-order valence-corrected chi connectivity index (χ4v) is 2.21. The van der Waals surface area contributed by atoms with Crippen LogP contribution < -0.4 is 0 Å². The largest absolute Gasteiger partial charge is 0.344 e. The summed E-state index contributed by atoms with van der Waals surface area (Å²) >= 11 is 0. The van der Waals surface area contributed by atoms with E-state index in [9.17, 15) is 4.79 Å². The maximum atomic E-state index is 11.6. The molecule has 1 aliphatic heterocycles. The van der Waals surface area contributed by atoms with Crippen LogP contribution in [0.25, 0.3) is 0 Å². The summed E-state index contributed by atoms with van der Waals surface area (Å²) in [4.78, 5) is 11.6. The number of ether oxygens (including phenoxy) is 2. The molecule has 0 bridgehead atoms. The van der Waals surface area contributed by atoms with E-state index in [4.69, 9.17) is 9.47 Å². The van der Waals surface area contributed by atoms with Gasteiger partial charge in [-0.05, 0) is 26.2 Å². The van der Waals surface area contributed by atoms with E-state index in [0.29, 0.717) is 12.0 Å². The highest BCUT2D eigenvalue weighted by molar-refractivity contribution is 5.96. The van der Waals surface area contributed by atoms with Gasteiger partial charge in [0.05, 0.1) is 6.10 Å². The van der Waals surface area contributed by atoms with Gasteiger partial charge in [-0.1, -0.05) is 13.5 Å². The molecule has 1 saturated heterocycles. The second-order valence-electron chi connectivity index (χ2n) is 4.52. The monoisotopic (exact) mass is 210 g/mol. The Hall–Kier alpha value is -0.670. The third-order valence-electron chi connectivity index (χ3n) is 3.35. The lowest BCUT2D eigenvalue weighted by Gasteiger charge is -2.21. The van der Waals surface area contributed by atoms with Gasteiger partial charge in [0, 0.05) is 12.0 Å². The maximum absolute atomic E-state index is 11.6. The first-order valence-corrected chi connectivity index (χ1v) is 5.63. The molecule has 0 radical (unpaired) electrons. The number of hydrogen-bond acceptors (Lipinski definition) is 3. The van der Waals surface area contributed by atoms with Gasteiger partial charge in [-0.15, -0.1) is 0 Å². The molecule has 3 atom stereocenters. The number of carbonyl (C=O) groups excluding carboxylic acids is 1. The molecular formula is C12H18O3. The Bertz CT molecular complexity index is 297. The lowest BCUT2D eigenvalue weighted by Crippen LogP contribution is -2.27. The summed E-state index contributed by atoms with van der Waals surface area (Å²) in [5, 5.41) is 0. The molecule has 0 aromatic rings. The number of hydrogen-bond donors (Lipinski definition) is 0. The standard InChI is InChI=1S/C12H18O3/c1-4-12(3)14-10-7-5-6-9(13)8(2)11(10)15-12/h10-11H,2,4-7H2,1,3H3/t10-,11+,12?/m1/s1. The number of Topliss-reactive ketones (excluding diaryl/α,β-unsaturated/α-hetero) is 1. The van der Waals surface area contributed by atoms with E-state index in [1.54, 1.807) is 0 Å². The number of ketones is 1. The molecule has 0 spiro atoms. The summed E-state index contributed by atoms with van der Waals surface area (Å²) in [7, 11) is 0. The quantitative estimate of drug-likeness (QED) is 0.622. The van der Waals surface area contributed by atoms with E-state index in [0.717, 1.165) is 19.3 Å². The minimum Gasteiger partial charge on any atom is -0.344 e. The minimum atomic E-state index is -0.532. The van der Waals surface area contributed by atoms with Crippen molar-refractivity contribution in [3.63, 3.8) is 0 Å². The highest BCUT2D eigenvalue weighted by Gasteiger charge is 2.46. The molecule has 0 N–H and O–H groups in total. The Balaban J connectivity index is 2.19. The van der Waals surface area contributed by atoms with Gasteiger partial charge < -0.3 is 9.47 Å². The predicted octanol–water partition coefficient (Wildman–Crippen LogP) is 2.21. The molecule has 3 heteroatoms. The summed E-state index contributed by atoms with van der Waals surface area (Å²) in [5.41, 5.74) is 0.592. The van der Waals surface area contributed by atoms with Crippen molar-refractivity contribution in [3.8, 4) is 0 Å². The summed E-state index contributed by atoms with van der Waals surface area (Å²) in [6.07, 6.45) is 2.95. The lowest BCUT2D eigenvalue weighted by molar-refractivity contribution is -0.161. The van der Waals surface area contributed by atoms with E-state index in [1.165, 1.54) is 0 Å². The number of rotatable bonds is 1. The molecule has 1 aliphatic carbocycles. The Morgan fingerprint density at radius 1 is 1.53 bits per heavy atom. The third kappa shape index (κ3) is 1.86. The zero-order valence-electron chi connectivity index (χ0n) is 9.41. The second kappa shape index (κ2) is 3.72. The average molecular weight is 210 g/mol. The zero-order chi connectivity index (χ0) is 11.1. The van der Waals surface area contributed by atoms with Crippen LogP contribution in [0.4, 0.5) is 0 Å². The van der Waals surface area contributed by atoms with Crippen LogP contribution in [0.1, 0.15) is 39.5 Å². The van der Waals surface area contributed by atoms with E-state index in [-0.39, 0.29) is 18.0 Å². The molecule has 2 rings (SSSR count). The molecule has 0 aromatic heterocycles. The number of carbonyl (C=O) groups is 1. The van der Waals surface area contributed by atoms with Crippen LogP contribution in [0, 0.1) is 0 Å². The average Bonchev–Trinajstić information content (AvgIpc) is 2.50. The lowest BCUT2D eigenvalue weighted by atomic mass is 10.0. The predicted molar refractivity (Wildman–Crippen MR) is 56.4 cm³/mol. The van der Waals surface area contributed by atoms with Crippen molar-refractivity contribution in [1.82, 2.24) is 0 Å². The summed E-state index contributed by atoms with van der Waals surface area (Å²) in [5.74, 6) is -0.401. The first-order valence-electron chi connectivity index (χ1n) is 5.63. The van der Waals surface area contributed by atoms with Crippen LogP contribution in [0.5, 0.6) is 0 Å². The smallest absolute Gasteiger partial charge is 0.166 e. The van der Waals surface area contributed by atoms with Crippen LogP contribution in [0.3, 0.4) is 0 Å². The molecule has 1 unspecified atom stereocenters. The van der Waals surface area contributed by atoms with Crippen LogP contribution in [0.2, 0.25) is 0 Å². The molecule has 1 saturated carbocycles. The summed E-state index contributed by atoms with van der Waals surface area (Å²) < 4.78 is 11.7. The highest BCUT2D eigenvalue weighted by atomic mass is 16.8. The Morgan fingerprint density at radius 2 is 2.27 bits per heavy atom. The van der Waals surface area contributed by atoms with Crippen LogP contribution in [-0.2, 0) is 14.3 Å². The van der Waals surface area contributed by atoms with Crippen LogP contribution in [-0.4, -0.2) is 23.8 Å². The van der Waals surface area contributed by atoms with Gasteiger partial charge in [0.2, 0.25) is 0 Å². The molecule has 15 heavy (non-hydrogen) atoms. The van der Waals surface area contributed by atoms with Crippen molar-refractivity contribution >= 4 is 5.78 Å². The van der Waals surface area contributed by atoms with Crippen molar-refractivity contribution in [3.05, 3.63) is 12.2 Å². The Labute approximate surface area is 90.4 Å². The van der Waals surface area contributed by atoms with E-state index >= 15 is 0 Å². The van der Waals surface area contributed by atoms with Crippen LogP contribution in [0.15, 0.2) is 12.2 Å². The van der Waals surface area contributed by atoms with Crippen molar-refractivity contribution < 1.29 is 14.3 Å². The van der Waals surface area contributed by atoms with Gasteiger partial charge in [-0.25, -0.2) is 0 Å². The zero-order valence-corrected chi connectivity index (χ0v) is 9.41. The van der Waals surface area contributed by atoms with Gasteiger partial charge in [0.1, 0.15) is 6.10 Å². The van der Waals surface area contributed by atoms with Gasteiger partial charge in [0.25, 0.3) is 0 Å². The van der Waals surface area contributed by atoms with Crippen molar-refractivity contribution in [2.24, 2.45) is 0 Å². The normalized spacial score (nSPS) is 41.5. The maximum Gasteiger partial charge on any atom is 0.166 e. The second-order valence-corrected chi connectivity index (χ2v) is 4.52. The fraction of sp³-hybridized carbons (Fsp3) is 0.750. The Morgan fingerprint density at radius 3 is 2.93 bits per heavy atom. The molecular weight excluding hydrogens is 192 g/mol. The third-order valence-corrected chi connectivity index (χ3v) is 3.35. The SMILES string of the molecule is C=C1C(=O)CCC[C@H]2OC(C)(CC)O[C@@H]12. The molecule has 2 aliphatic rings. The number of fused-ring (bicyclic) bond motifs is 1. The first kappa shape index (κ1) is 10.8. The molecule has 2 fully saturated rings. The summed E-state index contributed by atoms with van der Waals surface area (Å²) in [6.45, 7) is 7.80. The molecule has 0 amide bonds. The first-order chi connectivity index (χ1) is 7.06. The van der Waals surface area contributed by atoms with Crippen molar-refractivity contribution in [2.75, 3.05) is 0 Å².